The summed E-state index contributed by atoms with van der Waals surface area (Å²) in [6.07, 6.45) is 3.90. The van der Waals surface area contributed by atoms with Gasteiger partial charge in [-0.3, -0.25) is 0 Å². The maximum absolute atomic E-state index is 6.07. The second-order valence-corrected chi connectivity index (χ2v) is 5.60. The lowest BCUT2D eigenvalue weighted by Gasteiger charge is -2.27. The monoisotopic (exact) mass is 214 g/mol. The van der Waals surface area contributed by atoms with Crippen LogP contribution in [0, 0.1) is 5.41 Å². The first-order chi connectivity index (χ1) is 7.00. The van der Waals surface area contributed by atoms with E-state index in [9.17, 15) is 0 Å². The molecule has 0 aromatic rings. The van der Waals surface area contributed by atoms with E-state index < -0.39 is 0 Å². The molecule has 0 radical (unpaired) electrons. The van der Waals surface area contributed by atoms with Gasteiger partial charge in [-0.15, -0.1) is 0 Å². The third kappa shape index (κ3) is 4.96. The molecule has 0 bridgehead atoms. The second kappa shape index (κ2) is 5.83. The minimum absolute atomic E-state index is 0.214. The zero-order valence-corrected chi connectivity index (χ0v) is 10.4. The van der Waals surface area contributed by atoms with Crippen LogP contribution in [0.5, 0.6) is 0 Å². The molecule has 0 aromatic carbocycles. The Kier molecular flexibility index (Phi) is 5.03. The molecule has 0 amide bonds. The van der Waals surface area contributed by atoms with Crippen LogP contribution in [0.25, 0.3) is 0 Å². The Bertz CT molecular complexity index is 171. The Morgan fingerprint density at radius 3 is 2.73 bits per heavy atom. The molecule has 2 unspecified atom stereocenters. The molecule has 3 heteroatoms. The molecular weight excluding hydrogens is 188 g/mol. The normalized spacial score (nSPS) is 24.4. The van der Waals surface area contributed by atoms with Gasteiger partial charge in [-0.1, -0.05) is 20.8 Å². The van der Waals surface area contributed by atoms with Gasteiger partial charge >= 0.3 is 0 Å². The van der Waals surface area contributed by atoms with Crippen LogP contribution in [0.15, 0.2) is 0 Å². The van der Waals surface area contributed by atoms with E-state index in [1.807, 2.05) is 0 Å². The summed E-state index contributed by atoms with van der Waals surface area (Å²) in [7, 11) is 0. The lowest BCUT2D eigenvalue weighted by molar-refractivity contribution is 0.110. The Morgan fingerprint density at radius 2 is 2.20 bits per heavy atom. The average molecular weight is 214 g/mol. The van der Waals surface area contributed by atoms with Crippen LogP contribution in [0.4, 0.5) is 0 Å². The average Bonchev–Trinajstić information content (AvgIpc) is 2.63. The number of nitrogens with one attached hydrogen (secondary N) is 1. The van der Waals surface area contributed by atoms with Crippen molar-refractivity contribution in [1.82, 2.24) is 5.32 Å². The van der Waals surface area contributed by atoms with Gasteiger partial charge in [0.25, 0.3) is 0 Å². The van der Waals surface area contributed by atoms with Gasteiger partial charge < -0.3 is 15.8 Å². The molecule has 15 heavy (non-hydrogen) atoms. The maximum Gasteiger partial charge on any atom is 0.0700 e. The van der Waals surface area contributed by atoms with E-state index in [2.05, 4.69) is 26.1 Å². The third-order valence-electron chi connectivity index (χ3n) is 3.14. The van der Waals surface area contributed by atoms with Crippen molar-refractivity contribution in [2.24, 2.45) is 11.1 Å². The summed E-state index contributed by atoms with van der Waals surface area (Å²) in [6, 6.07) is 0.273. The highest BCUT2D eigenvalue weighted by Crippen LogP contribution is 2.19. The van der Waals surface area contributed by atoms with Gasteiger partial charge in [0, 0.05) is 19.2 Å². The van der Waals surface area contributed by atoms with E-state index in [0.717, 1.165) is 26.1 Å². The van der Waals surface area contributed by atoms with Crippen LogP contribution >= 0.6 is 0 Å². The first-order valence-corrected chi connectivity index (χ1v) is 6.08. The van der Waals surface area contributed by atoms with Crippen LogP contribution in [0.1, 0.15) is 40.0 Å². The number of hydrogen-bond donors (Lipinski definition) is 2. The molecule has 0 aromatic heterocycles. The van der Waals surface area contributed by atoms with Crippen molar-refractivity contribution in [3.8, 4) is 0 Å². The molecule has 3 nitrogen and oxygen atoms in total. The van der Waals surface area contributed by atoms with E-state index in [4.69, 9.17) is 10.5 Å². The fourth-order valence-corrected chi connectivity index (χ4v) is 1.76. The molecule has 1 aliphatic heterocycles. The maximum atomic E-state index is 6.07. The molecule has 1 rings (SSSR count). The first kappa shape index (κ1) is 12.9. The topological polar surface area (TPSA) is 47.3 Å². The highest BCUT2D eigenvalue weighted by atomic mass is 16.5. The lowest BCUT2D eigenvalue weighted by Crippen LogP contribution is -2.38. The molecule has 3 N–H and O–H groups in total. The van der Waals surface area contributed by atoms with E-state index in [1.165, 1.54) is 12.8 Å². The lowest BCUT2D eigenvalue weighted by atomic mass is 9.85. The van der Waals surface area contributed by atoms with Crippen LogP contribution < -0.4 is 11.1 Å². The Morgan fingerprint density at radius 1 is 1.47 bits per heavy atom. The summed E-state index contributed by atoms with van der Waals surface area (Å²) in [5.41, 5.74) is 6.29. The number of nitrogens with two attached hydrogens (primary N) is 1. The summed E-state index contributed by atoms with van der Waals surface area (Å²) < 4.78 is 5.53. The molecular formula is C12H26N2O. The molecule has 0 aliphatic carbocycles. The molecule has 2 atom stereocenters. The van der Waals surface area contributed by atoms with Crippen LogP contribution in [-0.2, 0) is 4.74 Å². The molecule has 0 spiro atoms. The second-order valence-electron chi connectivity index (χ2n) is 5.60. The highest BCUT2D eigenvalue weighted by molar-refractivity contribution is 4.78. The molecule has 1 saturated heterocycles. The van der Waals surface area contributed by atoms with Gasteiger partial charge in [0.2, 0.25) is 0 Å². The zero-order valence-electron chi connectivity index (χ0n) is 10.4. The van der Waals surface area contributed by atoms with Gasteiger partial charge in [0.15, 0.2) is 0 Å². The van der Waals surface area contributed by atoms with Crippen LogP contribution in [0.3, 0.4) is 0 Å². The fourth-order valence-electron chi connectivity index (χ4n) is 1.76. The molecule has 1 fully saturated rings. The molecule has 1 aliphatic rings. The van der Waals surface area contributed by atoms with E-state index >= 15 is 0 Å². The van der Waals surface area contributed by atoms with Gasteiger partial charge in [-0.2, -0.15) is 0 Å². The van der Waals surface area contributed by atoms with Crippen molar-refractivity contribution in [2.45, 2.75) is 52.2 Å². The molecule has 90 valence electrons. The molecule has 1 heterocycles. The Hall–Kier alpha value is -0.120. The van der Waals surface area contributed by atoms with Crippen molar-refractivity contribution in [3.63, 3.8) is 0 Å². The summed E-state index contributed by atoms with van der Waals surface area (Å²) in [6.45, 7) is 9.50. The first-order valence-electron chi connectivity index (χ1n) is 6.08. The summed E-state index contributed by atoms with van der Waals surface area (Å²) >= 11 is 0. The standard InChI is InChI=1S/C12H26N2O/c1-12(2,3)11(13)6-7-14-9-10-5-4-8-15-10/h10-11,14H,4-9,13H2,1-3H3. The number of hydrogen-bond acceptors (Lipinski definition) is 3. The predicted octanol–water partition coefficient (Wildman–Crippen LogP) is 1.52. The van der Waals surface area contributed by atoms with Crippen molar-refractivity contribution in [3.05, 3.63) is 0 Å². The minimum atomic E-state index is 0.214. The van der Waals surface area contributed by atoms with E-state index in [-0.39, 0.29) is 11.5 Å². The highest BCUT2D eigenvalue weighted by Gasteiger charge is 2.20. The third-order valence-corrected chi connectivity index (χ3v) is 3.14. The minimum Gasteiger partial charge on any atom is -0.377 e. The SMILES string of the molecule is CC(C)(C)C(N)CCNCC1CCCO1. The van der Waals surface area contributed by atoms with Gasteiger partial charge in [-0.25, -0.2) is 0 Å². The van der Waals surface area contributed by atoms with Crippen molar-refractivity contribution >= 4 is 0 Å². The van der Waals surface area contributed by atoms with Crippen LogP contribution in [0.2, 0.25) is 0 Å². The largest absolute Gasteiger partial charge is 0.377 e. The smallest absolute Gasteiger partial charge is 0.0700 e. The van der Waals surface area contributed by atoms with Gasteiger partial charge in [0.1, 0.15) is 0 Å². The summed E-state index contributed by atoms with van der Waals surface area (Å²) in [4.78, 5) is 0. The quantitative estimate of drug-likeness (QED) is 0.682. The van der Waals surface area contributed by atoms with Gasteiger partial charge in [0.05, 0.1) is 6.10 Å². The summed E-state index contributed by atoms with van der Waals surface area (Å²) in [5.74, 6) is 0. The van der Waals surface area contributed by atoms with Crippen LogP contribution in [-0.4, -0.2) is 31.8 Å². The van der Waals surface area contributed by atoms with E-state index in [0.29, 0.717) is 6.10 Å². The number of ether oxygens (including phenoxy) is 1. The van der Waals surface area contributed by atoms with Crippen molar-refractivity contribution < 1.29 is 4.74 Å². The Balaban J connectivity index is 2.01. The van der Waals surface area contributed by atoms with Gasteiger partial charge in [-0.05, 0) is 31.2 Å². The van der Waals surface area contributed by atoms with Crippen molar-refractivity contribution in [2.75, 3.05) is 19.7 Å². The number of rotatable bonds is 5. The Labute approximate surface area is 93.8 Å². The van der Waals surface area contributed by atoms with Crippen molar-refractivity contribution in [1.29, 1.82) is 0 Å². The zero-order chi connectivity index (χ0) is 11.3. The predicted molar refractivity (Wildman–Crippen MR) is 63.9 cm³/mol. The summed E-state index contributed by atoms with van der Waals surface area (Å²) in [5, 5.41) is 3.43. The fraction of sp³-hybridized carbons (Fsp3) is 1.00. The molecule has 0 saturated carbocycles. The van der Waals surface area contributed by atoms with E-state index in [1.54, 1.807) is 0 Å².